The zero-order chi connectivity index (χ0) is 19.3. The monoisotopic (exact) mass is 388 g/mol. The first-order valence-electron chi connectivity index (χ1n) is 9.16. The lowest BCUT2D eigenvalue weighted by Gasteiger charge is -2.24. The van der Waals surface area contributed by atoms with Crippen LogP contribution in [0.1, 0.15) is 34.0 Å². The van der Waals surface area contributed by atoms with Gasteiger partial charge in [0.2, 0.25) is 5.71 Å². The molecule has 5 heteroatoms. The minimum absolute atomic E-state index is 0.0301. The Bertz CT molecular complexity index is 1210. The third kappa shape index (κ3) is 2.69. The number of pyridine rings is 1. The molecule has 4 nitrogen and oxygen atoms in total. The van der Waals surface area contributed by atoms with Crippen molar-refractivity contribution in [2.75, 3.05) is 5.73 Å². The number of Topliss-reactive ketones (excluding diaryl/α,β-unsaturated/α-hetero) is 1. The third-order valence-electron chi connectivity index (χ3n) is 5.36. The zero-order valence-corrected chi connectivity index (χ0v) is 15.7. The molecule has 28 heavy (non-hydrogen) atoms. The highest BCUT2D eigenvalue weighted by atomic mass is 35.5. The van der Waals surface area contributed by atoms with Crippen molar-refractivity contribution in [3.63, 3.8) is 0 Å². The molecular weight excluding hydrogens is 372 g/mol. The van der Waals surface area contributed by atoms with Crippen molar-refractivity contribution < 1.29 is 9.21 Å². The first-order chi connectivity index (χ1) is 13.6. The van der Waals surface area contributed by atoms with Crippen LogP contribution in [-0.2, 0) is 6.42 Å². The van der Waals surface area contributed by atoms with Gasteiger partial charge in [-0.3, -0.25) is 4.79 Å². The summed E-state index contributed by atoms with van der Waals surface area (Å²) in [5, 5.41) is 1.24. The third-order valence-corrected chi connectivity index (χ3v) is 5.69. The zero-order valence-electron chi connectivity index (χ0n) is 15.0. The van der Waals surface area contributed by atoms with Crippen molar-refractivity contribution in [3.8, 4) is 11.3 Å². The Balaban J connectivity index is 1.63. The van der Waals surface area contributed by atoms with Crippen LogP contribution < -0.4 is 5.73 Å². The van der Waals surface area contributed by atoms with Gasteiger partial charge in [-0.05, 0) is 36.1 Å². The van der Waals surface area contributed by atoms with Crippen molar-refractivity contribution >= 4 is 34.2 Å². The van der Waals surface area contributed by atoms with Gasteiger partial charge in [0.1, 0.15) is 5.76 Å². The van der Waals surface area contributed by atoms with Crippen molar-refractivity contribution in [2.45, 2.75) is 18.8 Å². The molecule has 2 aromatic carbocycles. The number of benzene rings is 2. The fourth-order valence-corrected chi connectivity index (χ4v) is 4.20. The van der Waals surface area contributed by atoms with Gasteiger partial charge in [0.25, 0.3) is 0 Å². The highest BCUT2D eigenvalue weighted by Gasteiger charge is 2.31. The summed E-state index contributed by atoms with van der Waals surface area (Å²) in [6, 6.07) is 19.3. The summed E-state index contributed by atoms with van der Waals surface area (Å²) in [7, 11) is 0. The van der Waals surface area contributed by atoms with Crippen LogP contribution in [0.4, 0.5) is 5.69 Å². The normalized spacial score (nSPS) is 16.3. The Labute approximate surface area is 166 Å². The highest BCUT2D eigenvalue weighted by Crippen LogP contribution is 2.40. The smallest absolute Gasteiger partial charge is 0.229 e. The number of hydrogen-bond donors (Lipinski definition) is 1. The number of anilines is 1. The maximum absolute atomic E-state index is 12.9. The van der Waals surface area contributed by atoms with E-state index in [1.165, 1.54) is 0 Å². The molecule has 2 aromatic heterocycles. The number of nitrogen functional groups attached to an aromatic ring is 1. The van der Waals surface area contributed by atoms with E-state index in [1.54, 1.807) is 6.07 Å². The van der Waals surface area contributed by atoms with Gasteiger partial charge < -0.3 is 10.2 Å². The molecule has 1 aliphatic rings. The van der Waals surface area contributed by atoms with Crippen molar-refractivity contribution in [1.82, 2.24) is 4.98 Å². The number of rotatable bonds is 2. The fraction of sp³-hybridized carbons (Fsp3) is 0.130. The van der Waals surface area contributed by atoms with Crippen molar-refractivity contribution in [3.05, 3.63) is 82.5 Å². The number of ketones is 1. The SMILES string of the molecule is Nc1c2c(nc3oc(-c4ccccc4Cl)cc13)C[C@@H](c1ccccc1)CC2=O. The number of carbonyl (C=O) groups excluding carboxylic acids is 1. The number of fused-ring (bicyclic) bond motifs is 2. The summed E-state index contributed by atoms with van der Waals surface area (Å²) in [5.74, 6) is 0.722. The van der Waals surface area contributed by atoms with Crippen LogP contribution in [0.2, 0.25) is 5.02 Å². The first-order valence-corrected chi connectivity index (χ1v) is 9.54. The van der Waals surface area contributed by atoms with E-state index in [0.29, 0.717) is 51.7 Å². The van der Waals surface area contributed by atoms with Crippen LogP contribution in [0, 0.1) is 0 Å². The van der Waals surface area contributed by atoms with Crippen molar-refractivity contribution in [1.29, 1.82) is 0 Å². The highest BCUT2D eigenvalue weighted by molar-refractivity contribution is 6.33. The Morgan fingerprint density at radius 2 is 1.79 bits per heavy atom. The molecule has 0 bridgehead atoms. The standard InChI is InChI=1S/C23H17ClN2O2/c24-17-9-5-4-8-15(17)20-12-16-22(25)21-18(26-23(16)28-20)10-14(11-19(21)27)13-6-2-1-3-7-13/h1-9,12,14H,10-11H2,(H2,25,26)/t14-/m1/s1. The Morgan fingerprint density at radius 3 is 2.57 bits per heavy atom. The van der Waals surface area contributed by atoms with Crippen LogP contribution in [0.5, 0.6) is 0 Å². The summed E-state index contributed by atoms with van der Waals surface area (Å²) < 4.78 is 5.97. The van der Waals surface area contributed by atoms with Gasteiger partial charge in [0.15, 0.2) is 5.78 Å². The molecule has 0 saturated heterocycles. The number of hydrogen-bond acceptors (Lipinski definition) is 4. The van der Waals surface area contributed by atoms with Crippen LogP contribution >= 0.6 is 11.6 Å². The summed E-state index contributed by atoms with van der Waals surface area (Å²) in [5.41, 5.74) is 10.4. The molecule has 138 valence electrons. The molecule has 0 unspecified atom stereocenters. The average molecular weight is 389 g/mol. The Kier molecular flexibility index (Phi) is 3.95. The Morgan fingerprint density at radius 1 is 1.04 bits per heavy atom. The second kappa shape index (κ2) is 6.50. The second-order valence-electron chi connectivity index (χ2n) is 7.10. The lowest BCUT2D eigenvalue weighted by Crippen LogP contribution is -2.21. The fourth-order valence-electron chi connectivity index (χ4n) is 3.97. The van der Waals surface area contributed by atoms with Crippen LogP contribution in [-0.4, -0.2) is 10.8 Å². The lowest BCUT2D eigenvalue weighted by molar-refractivity contribution is 0.0964. The van der Waals surface area contributed by atoms with E-state index in [9.17, 15) is 4.79 Å². The minimum atomic E-state index is 0.0301. The maximum atomic E-state index is 12.9. The summed E-state index contributed by atoms with van der Waals surface area (Å²) in [6.07, 6.45) is 1.09. The lowest BCUT2D eigenvalue weighted by atomic mass is 9.81. The average Bonchev–Trinajstić information content (AvgIpc) is 3.13. The van der Waals surface area contributed by atoms with E-state index in [0.717, 1.165) is 11.1 Å². The predicted molar refractivity (Wildman–Crippen MR) is 111 cm³/mol. The topological polar surface area (TPSA) is 69.1 Å². The molecule has 5 rings (SSSR count). The Hall–Kier alpha value is -3.11. The molecule has 0 spiro atoms. The molecule has 2 heterocycles. The van der Waals surface area contributed by atoms with Gasteiger partial charge in [-0.2, -0.15) is 0 Å². The van der Waals surface area contributed by atoms with Gasteiger partial charge in [-0.25, -0.2) is 4.98 Å². The quantitative estimate of drug-likeness (QED) is 0.482. The number of nitrogens with zero attached hydrogens (tertiary/aromatic N) is 1. The van der Waals surface area contributed by atoms with E-state index in [2.05, 4.69) is 4.98 Å². The summed E-state index contributed by atoms with van der Waals surface area (Å²) >= 11 is 6.30. The summed E-state index contributed by atoms with van der Waals surface area (Å²) in [4.78, 5) is 17.6. The number of aromatic nitrogens is 1. The first kappa shape index (κ1) is 17.0. The van der Waals surface area contributed by atoms with Gasteiger partial charge in [-0.15, -0.1) is 0 Å². The minimum Gasteiger partial charge on any atom is -0.438 e. The molecular formula is C23H17ClN2O2. The molecule has 0 saturated carbocycles. The second-order valence-corrected chi connectivity index (χ2v) is 7.50. The molecule has 1 atom stereocenters. The number of nitrogens with two attached hydrogens (primary N) is 1. The maximum Gasteiger partial charge on any atom is 0.229 e. The number of carbonyl (C=O) groups is 1. The van der Waals surface area contributed by atoms with Gasteiger partial charge in [-0.1, -0.05) is 54.1 Å². The molecule has 0 aliphatic heterocycles. The van der Waals surface area contributed by atoms with Crippen LogP contribution in [0.3, 0.4) is 0 Å². The molecule has 4 aromatic rings. The number of furan rings is 1. The van der Waals surface area contributed by atoms with E-state index in [-0.39, 0.29) is 11.7 Å². The van der Waals surface area contributed by atoms with E-state index < -0.39 is 0 Å². The van der Waals surface area contributed by atoms with E-state index in [1.807, 2.05) is 54.6 Å². The molecule has 0 fully saturated rings. The largest absolute Gasteiger partial charge is 0.438 e. The van der Waals surface area contributed by atoms with Gasteiger partial charge in [0.05, 0.1) is 27.4 Å². The van der Waals surface area contributed by atoms with Crippen molar-refractivity contribution in [2.24, 2.45) is 0 Å². The van der Waals surface area contributed by atoms with E-state index in [4.69, 9.17) is 21.8 Å². The van der Waals surface area contributed by atoms with Gasteiger partial charge >= 0.3 is 0 Å². The summed E-state index contributed by atoms with van der Waals surface area (Å²) in [6.45, 7) is 0. The molecule has 0 amide bonds. The number of halogens is 1. The molecule has 0 radical (unpaired) electrons. The predicted octanol–water partition coefficient (Wildman–Crippen LogP) is 5.64. The molecule has 1 aliphatic carbocycles. The van der Waals surface area contributed by atoms with E-state index >= 15 is 0 Å². The van der Waals surface area contributed by atoms with Gasteiger partial charge in [0, 0.05) is 12.0 Å². The van der Waals surface area contributed by atoms with Crippen LogP contribution in [0.25, 0.3) is 22.4 Å². The van der Waals surface area contributed by atoms with Crippen LogP contribution in [0.15, 0.2) is 65.1 Å². The molecule has 2 N–H and O–H groups in total.